The molecule has 0 saturated heterocycles. The minimum absolute atomic E-state index is 0.370. The van der Waals surface area contributed by atoms with Crippen LogP contribution in [0.3, 0.4) is 0 Å². The minimum Gasteiger partial charge on any atom is -0.497 e. The lowest BCUT2D eigenvalue weighted by molar-refractivity contribution is 0.412. The van der Waals surface area contributed by atoms with Crippen molar-refractivity contribution in [2.24, 2.45) is 0 Å². The third-order valence-electron chi connectivity index (χ3n) is 2.74. The lowest BCUT2D eigenvalue weighted by atomic mass is 10.1. The molecule has 1 aromatic carbocycles. The third kappa shape index (κ3) is 3.56. The second kappa shape index (κ2) is 5.76. The SMILES string of the molecule is CCC(C)NC(C)c1cccc(OC)c1. The second-order valence-corrected chi connectivity index (χ2v) is 3.97. The van der Waals surface area contributed by atoms with Gasteiger partial charge in [-0.2, -0.15) is 0 Å². The van der Waals surface area contributed by atoms with Crippen molar-refractivity contribution in [2.45, 2.75) is 39.3 Å². The van der Waals surface area contributed by atoms with Gasteiger partial charge in [0.15, 0.2) is 0 Å². The van der Waals surface area contributed by atoms with Gasteiger partial charge in [-0.25, -0.2) is 0 Å². The molecule has 15 heavy (non-hydrogen) atoms. The van der Waals surface area contributed by atoms with Gasteiger partial charge in [-0.15, -0.1) is 0 Å². The molecule has 0 aliphatic rings. The monoisotopic (exact) mass is 207 g/mol. The summed E-state index contributed by atoms with van der Waals surface area (Å²) in [6.07, 6.45) is 1.15. The van der Waals surface area contributed by atoms with Gasteiger partial charge in [-0.1, -0.05) is 19.1 Å². The normalized spacial score (nSPS) is 14.7. The fraction of sp³-hybridized carbons (Fsp3) is 0.538. The summed E-state index contributed by atoms with van der Waals surface area (Å²) in [6.45, 7) is 6.58. The molecule has 0 spiro atoms. The molecule has 0 aromatic heterocycles. The van der Waals surface area contributed by atoms with E-state index < -0.39 is 0 Å². The van der Waals surface area contributed by atoms with Gasteiger partial charge in [0.25, 0.3) is 0 Å². The summed E-state index contributed by atoms with van der Waals surface area (Å²) < 4.78 is 5.21. The molecule has 0 heterocycles. The predicted molar refractivity (Wildman–Crippen MR) is 64.3 cm³/mol. The number of hydrogen-bond donors (Lipinski definition) is 1. The van der Waals surface area contributed by atoms with Crippen LogP contribution in [0.5, 0.6) is 5.75 Å². The zero-order valence-electron chi connectivity index (χ0n) is 10.1. The van der Waals surface area contributed by atoms with Gasteiger partial charge < -0.3 is 10.1 Å². The highest BCUT2D eigenvalue weighted by molar-refractivity contribution is 5.30. The molecule has 1 rings (SSSR count). The zero-order chi connectivity index (χ0) is 11.3. The number of rotatable bonds is 5. The smallest absolute Gasteiger partial charge is 0.119 e. The number of nitrogens with one attached hydrogen (secondary N) is 1. The van der Waals surface area contributed by atoms with E-state index in [-0.39, 0.29) is 0 Å². The Morgan fingerprint density at radius 2 is 2.07 bits per heavy atom. The van der Waals surface area contributed by atoms with Crippen LogP contribution in [0.4, 0.5) is 0 Å². The van der Waals surface area contributed by atoms with Gasteiger partial charge in [0, 0.05) is 12.1 Å². The summed E-state index contributed by atoms with van der Waals surface area (Å²) in [5.74, 6) is 0.922. The maximum absolute atomic E-state index is 5.21. The van der Waals surface area contributed by atoms with Gasteiger partial charge in [0.05, 0.1) is 7.11 Å². The van der Waals surface area contributed by atoms with Gasteiger partial charge in [0.1, 0.15) is 5.75 Å². The van der Waals surface area contributed by atoms with Gasteiger partial charge in [-0.05, 0) is 38.0 Å². The van der Waals surface area contributed by atoms with E-state index in [1.54, 1.807) is 7.11 Å². The second-order valence-electron chi connectivity index (χ2n) is 3.97. The van der Waals surface area contributed by atoms with Crippen LogP contribution in [0.25, 0.3) is 0 Å². The van der Waals surface area contributed by atoms with E-state index >= 15 is 0 Å². The molecule has 1 aromatic rings. The highest BCUT2D eigenvalue weighted by Gasteiger charge is 2.08. The largest absolute Gasteiger partial charge is 0.497 e. The van der Waals surface area contributed by atoms with Crippen LogP contribution < -0.4 is 10.1 Å². The molecule has 0 bridgehead atoms. The van der Waals surface area contributed by atoms with Gasteiger partial charge >= 0.3 is 0 Å². The van der Waals surface area contributed by atoms with E-state index in [9.17, 15) is 0 Å². The fourth-order valence-corrected chi connectivity index (χ4v) is 1.55. The molecule has 0 aliphatic carbocycles. The molecule has 84 valence electrons. The van der Waals surface area contributed by atoms with Crippen molar-refractivity contribution >= 4 is 0 Å². The van der Waals surface area contributed by atoms with Crippen LogP contribution in [0.15, 0.2) is 24.3 Å². The molecule has 0 aliphatic heterocycles. The van der Waals surface area contributed by atoms with Gasteiger partial charge in [-0.3, -0.25) is 0 Å². The molecule has 2 unspecified atom stereocenters. The fourth-order valence-electron chi connectivity index (χ4n) is 1.55. The lowest BCUT2D eigenvalue weighted by Crippen LogP contribution is -2.28. The number of ether oxygens (including phenoxy) is 1. The third-order valence-corrected chi connectivity index (χ3v) is 2.74. The van der Waals surface area contributed by atoms with E-state index in [2.05, 4.69) is 38.2 Å². The highest BCUT2D eigenvalue weighted by atomic mass is 16.5. The Labute approximate surface area is 92.6 Å². The quantitative estimate of drug-likeness (QED) is 0.801. The van der Waals surface area contributed by atoms with E-state index in [1.165, 1.54) is 5.56 Å². The van der Waals surface area contributed by atoms with Crippen molar-refractivity contribution in [1.82, 2.24) is 5.32 Å². The van der Waals surface area contributed by atoms with Crippen LogP contribution in [0.2, 0.25) is 0 Å². The zero-order valence-corrected chi connectivity index (χ0v) is 10.1. The van der Waals surface area contributed by atoms with E-state index in [1.807, 2.05) is 12.1 Å². The Kier molecular flexibility index (Phi) is 4.63. The summed E-state index contributed by atoms with van der Waals surface area (Å²) in [7, 11) is 1.70. The molecular formula is C13H21NO. The minimum atomic E-state index is 0.370. The van der Waals surface area contributed by atoms with Crippen molar-refractivity contribution in [1.29, 1.82) is 0 Å². The highest BCUT2D eigenvalue weighted by Crippen LogP contribution is 2.19. The first-order chi connectivity index (χ1) is 7.17. The summed E-state index contributed by atoms with van der Waals surface area (Å²) >= 11 is 0. The predicted octanol–water partition coefficient (Wildman–Crippen LogP) is 3.14. The van der Waals surface area contributed by atoms with Crippen molar-refractivity contribution in [3.63, 3.8) is 0 Å². The Bertz CT molecular complexity index is 298. The van der Waals surface area contributed by atoms with Crippen molar-refractivity contribution in [3.05, 3.63) is 29.8 Å². The van der Waals surface area contributed by atoms with Crippen LogP contribution in [0, 0.1) is 0 Å². The first kappa shape index (κ1) is 12.1. The Balaban J connectivity index is 2.68. The summed E-state index contributed by atoms with van der Waals surface area (Å²) in [5.41, 5.74) is 1.27. The lowest BCUT2D eigenvalue weighted by Gasteiger charge is -2.19. The standard InChI is InChI=1S/C13H21NO/c1-5-10(2)14-11(3)12-7-6-8-13(9-12)15-4/h6-11,14H,5H2,1-4H3. The number of benzene rings is 1. The van der Waals surface area contributed by atoms with Crippen LogP contribution in [-0.2, 0) is 0 Å². The van der Waals surface area contributed by atoms with Crippen LogP contribution in [0.1, 0.15) is 38.8 Å². The van der Waals surface area contributed by atoms with E-state index in [0.29, 0.717) is 12.1 Å². The average molecular weight is 207 g/mol. The molecule has 0 saturated carbocycles. The van der Waals surface area contributed by atoms with Crippen LogP contribution >= 0.6 is 0 Å². The number of hydrogen-bond acceptors (Lipinski definition) is 2. The summed E-state index contributed by atoms with van der Waals surface area (Å²) in [6, 6.07) is 9.13. The topological polar surface area (TPSA) is 21.3 Å². The average Bonchev–Trinajstić information content (AvgIpc) is 2.28. The maximum atomic E-state index is 5.21. The first-order valence-electron chi connectivity index (χ1n) is 5.57. The first-order valence-corrected chi connectivity index (χ1v) is 5.57. The molecule has 2 atom stereocenters. The van der Waals surface area contributed by atoms with Crippen LogP contribution in [-0.4, -0.2) is 13.2 Å². The molecule has 2 nitrogen and oxygen atoms in total. The summed E-state index contributed by atoms with van der Waals surface area (Å²) in [5, 5.41) is 3.54. The number of methoxy groups -OCH3 is 1. The molecule has 0 radical (unpaired) electrons. The van der Waals surface area contributed by atoms with Crippen molar-refractivity contribution < 1.29 is 4.74 Å². The molecule has 0 fully saturated rings. The Morgan fingerprint density at radius 1 is 1.33 bits per heavy atom. The van der Waals surface area contributed by atoms with Crippen molar-refractivity contribution in [2.75, 3.05) is 7.11 Å². The Morgan fingerprint density at radius 3 is 2.67 bits per heavy atom. The maximum Gasteiger partial charge on any atom is 0.119 e. The van der Waals surface area contributed by atoms with Crippen molar-refractivity contribution in [3.8, 4) is 5.75 Å². The van der Waals surface area contributed by atoms with E-state index in [4.69, 9.17) is 4.74 Å². The Hall–Kier alpha value is -1.02. The molecule has 0 amide bonds. The molecule has 1 N–H and O–H groups in total. The van der Waals surface area contributed by atoms with E-state index in [0.717, 1.165) is 12.2 Å². The molecular weight excluding hydrogens is 186 g/mol. The molecule has 2 heteroatoms. The van der Waals surface area contributed by atoms with Gasteiger partial charge in [0.2, 0.25) is 0 Å². The summed E-state index contributed by atoms with van der Waals surface area (Å²) in [4.78, 5) is 0.